The number of ether oxygens (including phenoxy) is 1. The van der Waals surface area contributed by atoms with Gasteiger partial charge in [0.15, 0.2) is 5.70 Å². The molecular weight excluding hydrogens is 337 g/mol. The molecule has 0 amide bonds. The van der Waals surface area contributed by atoms with Crippen LogP contribution in [0.2, 0.25) is 0 Å². The summed E-state index contributed by atoms with van der Waals surface area (Å²) in [7, 11) is 0. The summed E-state index contributed by atoms with van der Waals surface area (Å²) in [6.07, 6.45) is 1.38. The van der Waals surface area contributed by atoms with Crippen LogP contribution in [0.25, 0.3) is 6.08 Å². The van der Waals surface area contributed by atoms with Crippen LogP contribution in [0.4, 0.5) is 4.39 Å². The first-order valence-electron chi connectivity index (χ1n) is 6.16. The fourth-order valence-corrected chi connectivity index (χ4v) is 2.29. The highest BCUT2D eigenvalue weighted by molar-refractivity contribution is 9.10. The van der Waals surface area contributed by atoms with Crippen LogP contribution in [-0.2, 0) is 9.53 Å². The molecule has 0 saturated heterocycles. The SMILES string of the molecule is O=C1OC(c2cccc(Br)c2)=N/C1=C\c1ccccc1F. The van der Waals surface area contributed by atoms with Crippen LogP contribution < -0.4 is 0 Å². The van der Waals surface area contributed by atoms with Crippen LogP contribution in [0.3, 0.4) is 0 Å². The van der Waals surface area contributed by atoms with Crippen molar-refractivity contribution >= 4 is 33.9 Å². The summed E-state index contributed by atoms with van der Waals surface area (Å²) in [5, 5.41) is 0. The van der Waals surface area contributed by atoms with E-state index < -0.39 is 11.8 Å². The molecule has 2 aromatic rings. The van der Waals surface area contributed by atoms with E-state index >= 15 is 0 Å². The summed E-state index contributed by atoms with van der Waals surface area (Å²) in [5.74, 6) is -0.791. The normalized spacial score (nSPS) is 16.0. The lowest BCUT2D eigenvalue weighted by Crippen LogP contribution is -2.05. The monoisotopic (exact) mass is 345 g/mol. The Bertz CT molecular complexity index is 783. The number of hydrogen-bond donors (Lipinski definition) is 0. The number of aliphatic imine (C=N–C) groups is 1. The Morgan fingerprint density at radius 2 is 1.95 bits per heavy atom. The van der Waals surface area contributed by atoms with Gasteiger partial charge in [0.2, 0.25) is 5.90 Å². The van der Waals surface area contributed by atoms with Crippen molar-refractivity contribution in [1.82, 2.24) is 0 Å². The average molecular weight is 346 g/mol. The molecule has 1 heterocycles. The highest BCUT2D eigenvalue weighted by atomic mass is 79.9. The van der Waals surface area contributed by atoms with Gasteiger partial charge in [-0.2, -0.15) is 0 Å². The minimum Gasteiger partial charge on any atom is -0.402 e. The molecule has 3 rings (SSSR count). The number of halogens is 2. The Hall–Kier alpha value is -2.27. The van der Waals surface area contributed by atoms with Crippen LogP contribution in [0.15, 0.2) is 63.7 Å². The smallest absolute Gasteiger partial charge is 0.363 e. The van der Waals surface area contributed by atoms with Gasteiger partial charge in [-0.3, -0.25) is 0 Å². The van der Waals surface area contributed by atoms with Crippen LogP contribution in [0, 0.1) is 5.82 Å². The standard InChI is InChI=1S/C16H9BrFNO2/c17-12-6-3-5-11(8-12)15-19-14(16(20)21-15)9-10-4-1-2-7-13(10)18/h1-9H/b14-9-. The van der Waals surface area contributed by atoms with Crippen molar-refractivity contribution in [2.75, 3.05) is 0 Å². The van der Waals surface area contributed by atoms with E-state index in [0.717, 1.165) is 4.47 Å². The minimum absolute atomic E-state index is 0.0788. The minimum atomic E-state index is -0.590. The van der Waals surface area contributed by atoms with Crippen molar-refractivity contribution in [1.29, 1.82) is 0 Å². The molecule has 0 radical (unpaired) electrons. The summed E-state index contributed by atoms with van der Waals surface area (Å²) in [6, 6.07) is 13.4. The highest BCUT2D eigenvalue weighted by Gasteiger charge is 2.24. The van der Waals surface area contributed by atoms with Crippen molar-refractivity contribution in [3.63, 3.8) is 0 Å². The largest absolute Gasteiger partial charge is 0.402 e. The third-order valence-electron chi connectivity index (χ3n) is 2.89. The van der Waals surface area contributed by atoms with Gasteiger partial charge in [-0.05, 0) is 30.3 Å². The van der Waals surface area contributed by atoms with E-state index in [9.17, 15) is 9.18 Å². The third-order valence-corrected chi connectivity index (χ3v) is 3.38. The van der Waals surface area contributed by atoms with Gasteiger partial charge in [-0.1, -0.05) is 40.2 Å². The van der Waals surface area contributed by atoms with E-state index in [0.29, 0.717) is 11.1 Å². The molecule has 21 heavy (non-hydrogen) atoms. The number of rotatable bonds is 2. The topological polar surface area (TPSA) is 38.7 Å². The maximum atomic E-state index is 13.6. The summed E-state index contributed by atoms with van der Waals surface area (Å²) in [4.78, 5) is 16.0. The van der Waals surface area contributed by atoms with Crippen LogP contribution in [0.1, 0.15) is 11.1 Å². The Morgan fingerprint density at radius 3 is 2.71 bits per heavy atom. The van der Waals surface area contributed by atoms with Crippen molar-refractivity contribution in [3.05, 3.63) is 75.6 Å². The van der Waals surface area contributed by atoms with Gasteiger partial charge in [0.25, 0.3) is 0 Å². The molecule has 3 nitrogen and oxygen atoms in total. The second-order valence-electron chi connectivity index (χ2n) is 4.37. The molecule has 0 fully saturated rings. The van der Waals surface area contributed by atoms with Crippen LogP contribution in [-0.4, -0.2) is 11.9 Å². The van der Waals surface area contributed by atoms with Crippen LogP contribution >= 0.6 is 15.9 Å². The molecule has 2 aromatic carbocycles. The fourth-order valence-electron chi connectivity index (χ4n) is 1.89. The first-order valence-corrected chi connectivity index (χ1v) is 6.96. The Balaban J connectivity index is 1.98. The molecule has 0 unspecified atom stereocenters. The summed E-state index contributed by atoms with van der Waals surface area (Å²) in [5.41, 5.74) is 1.05. The third kappa shape index (κ3) is 2.92. The van der Waals surface area contributed by atoms with Gasteiger partial charge in [0.1, 0.15) is 5.82 Å². The number of hydrogen-bond acceptors (Lipinski definition) is 3. The van der Waals surface area contributed by atoms with Crippen molar-refractivity contribution < 1.29 is 13.9 Å². The number of carbonyl (C=O) groups is 1. The molecule has 5 heteroatoms. The zero-order chi connectivity index (χ0) is 14.8. The average Bonchev–Trinajstić information content (AvgIpc) is 2.83. The van der Waals surface area contributed by atoms with Gasteiger partial charge in [-0.25, -0.2) is 14.2 Å². The maximum absolute atomic E-state index is 13.6. The molecule has 1 aliphatic heterocycles. The van der Waals surface area contributed by atoms with E-state index in [-0.39, 0.29) is 11.6 Å². The first kappa shape index (κ1) is 13.7. The zero-order valence-electron chi connectivity index (χ0n) is 10.7. The van der Waals surface area contributed by atoms with Gasteiger partial charge < -0.3 is 4.74 Å². The lowest BCUT2D eigenvalue weighted by atomic mass is 10.2. The van der Waals surface area contributed by atoms with E-state index in [1.807, 2.05) is 12.1 Å². The number of benzene rings is 2. The molecule has 104 valence electrons. The number of carbonyl (C=O) groups excluding carboxylic acids is 1. The molecule has 0 atom stereocenters. The molecular formula is C16H9BrFNO2. The summed E-state index contributed by atoms with van der Waals surface area (Å²) >= 11 is 3.34. The summed E-state index contributed by atoms with van der Waals surface area (Å²) < 4.78 is 19.6. The van der Waals surface area contributed by atoms with E-state index in [4.69, 9.17) is 4.74 Å². The Morgan fingerprint density at radius 1 is 1.14 bits per heavy atom. The van der Waals surface area contributed by atoms with E-state index in [2.05, 4.69) is 20.9 Å². The molecule has 0 saturated carbocycles. The molecule has 0 aromatic heterocycles. The fraction of sp³-hybridized carbons (Fsp3) is 0. The number of esters is 1. The molecule has 1 aliphatic rings. The molecule has 0 bridgehead atoms. The lowest BCUT2D eigenvalue weighted by Gasteiger charge is -1.99. The molecule has 0 N–H and O–H groups in total. The van der Waals surface area contributed by atoms with E-state index in [1.54, 1.807) is 30.3 Å². The quantitative estimate of drug-likeness (QED) is 0.610. The molecule has 0 spiro atoms. The van der Waals surface area contributed by atoms with Crippen LogP contribution in [0.5, 0.6) is 0 Å². The number of cyclic esters (lactones) is 1. The van der Waals surface area contributed by atoms with Gasteiger partial charge in [-0.15, -0.1) is 0 Å². The maximum Gasteiger partial charge on any atom is 0.363 e. The number of nitrogens with zero attached hydrogens (tertiary/aromatic N) is 1. The van der Waals surface area contributed by atoms with Gasteiger partial charge in [0.05, 0.1) is 0 Å². The summed E-state index contributed by atoms with van der Waals surface area (Å²) in [6.45, 7) is 0. The predicted molar refractivity (Wildman–Crippen MR) is 81.1 cm³/mol. The second kappa shape index (κ2) is 5.61. The zero-order valence-corrected chi connectivity index (χ0v) is 12.3. The van der Waals surface area contributed by atoms with Gasteiger partial charge >= 0.3 is 5.97 Å². The van der Waals surface area contributed by atoms with Crippen molar-refractivity contribution in [2.45, 2.75) is 0 Å². The van der Waals surface area contributed by atoms with Gasteiger partial charge in [0, 0.05) is 15.6 Å². The first-order chi connectivity index (χ1) is 10.1. The van der Waals surface area contributed by atoms with Crippen molar-refractivity contribution in [3.8, 4) is 0 Å². The van der Waals surface area contributed by atoms with E-state index in [1.165, 1.54) is 12.1 Å². The second-order valence-corrected chi connectivity index (χ2v) is 5.28. The lowest BCUT2D eigenvalue weighted by molar-refractivity contribution is -0.129. The Kier molecular flexibility index (Phi) is 3.66. The van der Waals surface area contributed by atoms with Crippen molar-refractivity contribution in [2.24, 2.45) is 4.99 Å². The Labute approximate surface area is 128 Å². The predicted octanol–water partition coefficient (Wildman–Crippen LogP) is 3.93. The highest BCUT2D eigenvalue weighted by Crippen LogP contribution is 2.21. The molecule has 0 aliphatic carbocycles.